The molecule has 0 aromatic heterocycles. The van der Waals surface area contributed by atoms with Gasteiger partial charge in [-0.05, 0) is 6.42 Å². The van der Waals surface area contributed by atoms with Crippen LogP contribution in [0, 0.1) is 0 Å². The Labute approximate surface area is 66.9 Å². The Morgan fingerprint density at radius 3 is 2.82 bits per heavy atom. The third-order valence-corrected chi connectivity index (χ3v) is 1.35. The molecule has 0 rings (SSSR count). The fraction of sp³-hybridized carbons (Fsp3) is 0.625. The third-order valence-electron chi connectivity index (χ3n) is 1.35. The highest BCUT2D eigenvalue weighted by atomic mass is 16.4. The van der Waals surface area contributed by atoms with E-state index in [-0.39, 0.29) is 0 Å². The summed E-state index contributed by atoms with van der Waals surface area (Å²) < 4.78 is 0. The van der Waals surface area contributed by atoms with Crippen molar-refractivity contribution < 1.29 is 9.90 Å². The first kappa shape index (κ1) is 10.2. The third kappa shape index (κ3) is 5.61. The molecule has 0 aliphatic heterocycles. The van der Waals surface area contributed by atoms with Crippen molar-refractivity contribution in [2.75, 3.05) is 0 Å². The van der Waals surface area contributed by atoms with Gasteiger partial charge in [-0.25, -0.2) is 0 Å². The quantitative estimate of drug-likeness (QED) is 0.464. The average Bonchev–Trinajstić information content (AvgIpc) is 1.97. The smallest absolute Gasteiger partial charge is 0.324 e. The number of allylic oxidation sites excluding steroid dienone is 1. The summed E-state index contributed by atoms with van der Waals surface area (Å²) in [6.45, 7) is 2.09. The molecule has 0 amide bonds. The molecule has 0 fully saturated rings. The van der Waals surface area contributed by atoms with E-state index < -0.39 is 12.0 Å². The highest BCUT2D eigenvalue weighted by Gasteiger charge is 2.04. The molecule has 0 spiro atoms. The van der Waals surface area contributed by atoms with E-state index in [1.165, 1.54) is 6.08 Å². The van der Waals surface area contributed by atoms with Gasteiger partial charge < -0.3 is 10.8 Å². The van der Waals surface area contributed by atoms with Gasteiger partial charge in [0.1, 0.15) is 6.04 Å². The molecule has 1 unspecified atom stereocenters. The van der Waals surface area contributed by atoms with Crippen molar-refractivity contribution in [2.24, 2.45) is 5.73 Å². The second-order valence-corrected chi connectivity index (χ2v) is 2.43. The van der Waals surface area contributed by atoms with E-state index in [0.717, 1.165) is 19.3 Å². The average molecular weight is 157 g/mol. The minimum absolute atomic E-state index is 0.841. The molecule has 0 aliphatic rings. The zero-order valence-corrected chi connectivity index (χ0v) is 6.79. The maximum absolute atomic E-state index is 10.2. The topological polar surface area (TPSA) is 63.3 Å². The lowest BCUT2D eigenvalue weighted by molar-refractivity contribution is -0.137. The second-order valence-electron chi connectivity index (χ2n) is 2.43. The highest BCUT2D eigenvalue weighted by molar-refractivity contribution is 5.75. The Morgan fingerprint density at radius 2 is 2.36 bits per heavy atom. The molecule has 3 N–H and O–H groups in total. The fourth-order valence-corrected chi connectivity index (χ4v) is 0.647. The summed E-state index contributed by atoms with van der Waals surface area (Å²) in [5.41, 5.74) is 5.21. The Morgan fingerprint density at radius 1 is 1.73 bits per heavy atom. The van der Waals surface area contributed by atoms with Crippen molar-refractivity contribution in [2.45, 2.75) is 32.2 Å². The van der Waals surface area contributed by atoms with Gasteiger partial charge in [0.25, 0.3) is 0 Å². The van der Waals surface area contributed by atoms with Crippen LogP contribution >= 0.6 is 0 Å². The monoisotopic (exact) mass is 157 g/mol. The minimum atomic E-state index is -0.974. The normalized spacial score (nSPS) is 13.6. The van der Waals surface area contributed by atoms with Crippen molar-refractivity contribution in [3.8, 4) is 0 Å². The lowest BCUT2D eigenvalue weighted by Crippen LogP contribution is -2.27. The number of nitrogens with two attached hydrogens (primary N) is 1. The van der Waals surface area contributed by atoms with Crippen molar-refractivity contribution in [3.63, 3.8) is 0 Å². The van der Waals surface area contributed by atoms with Gasteiger partial charge in [0.05, 0.1) is 0 Å². The summed E-state index contributed by atoms with van der Waals surface area (Å²) >= 11 is 0. The first-order chi connectivity index (χ1) is 5.18. The van der Waals surface area contributed by atoms with Gasteiger partial charge >= 0.3 is 5.97 Å². The molecule has 0 aromatic carbocycles. The zero-order chi connectivity index (χ0) is 8.69. The van der Waals surface area contributed by atoms with E-state index in [2.05, 4.69) is 6.92 Å². The van der Waals surface area contributed by atoms with E-state index in [1.807, 2.05) is 6.08 Å². The molecule has 0 radical (unpaired) electrons. The summed E-state index contributed by atoms with van der Waals surface area (Å²) in [5, 5.41) is 8.36. The first-order valence-electron chi connectivity index (χ1n) is 3.83. The number of carboxylic acid groups (broad SMARTS) is 1. The maximum Gasteiger partial charge on any atom is 0.324 e. The van der Waals surface area contributed by atoms with E-state index >= 15 is 0 Å². The number of unbranched alkanes of at least 4 members (excludes halogenated alkanes) is 2. The van der Waals surface area contributed by atoms with Crippen LogP contribution in [0.5, 0.6) is 0 Å². The number of carboxylic acids is 1. The SMILES string of the molecule is CCCC/C=C/C(N)C(=O)O. The molecular formula is C8H15NO2. The van der Waals surface area contributed by atoms with Crippen LogP contribution in [0.4, 0.5) is 0 Å². The van der Waals surface area contributed by atoms with Gasteiger partial charge in [-0.1, -0.05) is 31.9 Å². The Kier molecular flexibility index (Phi) is 5.47. The van der Waals surface area contributed by atoms with Crippen LogP contribution < -0.4 is 5.73 Å². The predicted octanol–water partition coefficient (Wildman–Crippen LogP) is 1.14. The number of rotatable bonds is 5. The first-order valence-corrected chi connectivity index (χ1v) is 3.83. The van der Waals surface area contributed by atoms with Crippen LogP contribution in [0.25, 0.3) is 0 Å². The molecular weight excluding hydrogens is 142 g/mol. The van der Waals surface area contributed by atoms with Crippen LogP contribution in [0.3, 0.4) is 0 Å². The minimum Gasteiger partial charge on any atom is -0.480 e. The van der Waals surface area contributed by atoms with E-state index in [1.54, 1.807) is 0 Å². The van der Waals surface area contributed by atoms with Crippen molar-refractivity contribution in [3.05, 3.63) is 12.2 Å². The Bertz CT molecular complexity index is 143. The Balaban J connectivity index is 3.48. The molecule has 64 valence electrons. The van der Waals surface area contributed by atoms with E-state index in [4.69, 9.17) is 10.8 Å². The van der Waals surface area contributed by atoms with Crippen LogP contribution in [0.1, 0.15) is 26.2 Å². The standard InChI is InChI=1S/C8H15NO2/c1-2-3-4-5-6-7(9)8(10)11/h5-7H,2-4,9H2,1H3,(H,10,11)/b6-5+. The van der Waals surface area contributed by atoms with Crippen molar-refractivity contribution in [1.82, 2.24) is 0 Å². The van der Waals surface area contributed by atoms with Crippen LogP contribution in [0.15, 0.2) is 12.2 Å². The maximum atomic E-state index is 10.2. The molecule has 3 heteroatoms. The van der Waals surface area contributed by atoms with Gasteiger partial charge in [-0.3, -0.25) is 4.79 Å². The van der Waals surface area contributed by atoms with Crippen LogP contribution in [-0.2, 0) is 4.79 Å². The van der Waals surface area contributed by atoms with Gasteiger partial charge in [-0.2, -0.15) is 0 Å². The largest absolute Gasteiger partial charge is 0.480 e. The number of hydrogen-bond acceptors (Lipinski definition) is 2. The predicted molar refractivity (Wildman–Crippen MR) is 44.3 cm³/mol. The van der Waals surface area contributed by atoms with Crippen molar-refractivity contribution in [1.29, 1.82) is 0 Å². The van der Waals surface area contributed by atoms with Gasteiger partial charge in [-0.15, -0.1) is 0 Å². The lowest BCUT2D eigenvalue weighted by Gasteiger charge is -1.96. The molecule has 0 aromatic rings. The van der Waals surface area contributed by atoms with Gasteiger partial charge in [0, 0.05) is 0 Å². The summed E-state index contributed by atoms with van der Waals surface area (Å²) in [6, 6.07) is -0.841. The molecule has 0 saturated carbocycles. The van der Waals surface area contributed by atoms with Gasteiger partial charge in [0.15, 0.2) is 0 Å². The van der Waals surface area contributed by atoms with Crippen LogP contribution in [-0.4, -0.2) is 17.1 Å². The number of hydrogen-bond donors (Lipinski definition) is 2. The molecule has 3 nitrogen and oxygen atoms in total. The van der Waals surface area contributed by atoms with E-state index in [0.29, 0.717) is 0 Å². The Hall–Kier alpha value is -0.830. The second kappa shape index (κ2) is 5.92. The van der Waals surface area contributed by atoms with Gasteiger partial charge in [0.2, 0.25) is 0 Å². The number of carbonyl (C=O) groups is 1. The summed E-state index contributed by atoms with van der Waals surface area (Å²) in [5.74, 6) is -0.974. The highest BCUT2D eigenvalue weighted by Crippen LogP contribution is 1.95. The lowest BCUT2D eigenvalue weighted by atomic mass is 10.2. The zero-order valence-electron chi connectivity index (χ0n) is 6.79. The molecule has 11 heavy (non-hydrogen) atoms. The summed E-state index contributed by atoms with van der Waals surface area (Å²) in [6.07, 6.45) is 6.47. The molecule has 0 saturated heterocycles. The molecule has 0 heterocycles. The number of aliphatic carboxylic acids is 1. The summed E-state index contributed by atoms with van der Waals surface area (Å²) in [7, 11) is 0. The molecule has 0 aliphatic carbocycles. The van der Waals surface area contributed by atoms with Crippen molar-refractivity contribution >= 4 is 5.97 Å². The molecule has 1 atom stereocenters. The fourth-order valence-electron chi connectivity index (χ4n) is 0.647. The summed E-state index contributed by atoms with van der Waals surface area (Å²) in [4.78, 5) is 10.2. The van der Waals surface area contributed by atoms with Crippen LogP contribution in [0.2, 0.25) is 0 Å². The van der Waals surface area contributed by atoms with E-state index in [9.17, 15) is 4.79 Å². The molecule has 0 bridgehead atoms.